The first kappa shape index (κ1) is 16.6. The maximum atomic E-state index is 12.7. The van der Waals surface area contributed by atoms with Crippen molar-refractivity contribution in [1.29, 1.82) is 0 Å². The fourth-order valence-electron chi connectivity index (χ4n) is 3.53. The summed E-state index contributed by atoms with van der Waals surface area (Å²) in [5.41, 5.74) is 5.42. The van der Waals surface area contributed by atoms with Gasteiger partial charge in [-0.05, 0) is 49.2 Å². The first-order chi connectivity index (χ1) is 12.6. The van der Waals surface area contributed by atoms with Crippen molar-refractivity contribution >= 4 is 17.2 Å². The van der Waals surface area contributed by atoms with Crippen molar-refractivity contribution in [2.24, 2.45) is 0 Å². The van der Waals surface area contributed by atoms with E-state index in [2.05, 4.69) is 41.1 Å². The summed E-state index contributed by atoms with van der Waals surface area (Å²) in [6, 6.07) is 12.6. The quantitative estimate of drug-likeness (QED) is 0.731. The van der Waals surface area contributed by atoms with Crippen LogP contribution in [-0.2, 0) is 11.2 Å². The second-order valence-electron chi connectivity index (χ2n) is 7.09. The Morgan fingerprint density at radius 3 is 2.58 bits per heavy atom. The van der Waals surface area contributed by atoms with Gasteiger partial charge in [0.2, 0.25) is 5.91 Å². The summed E-state index contributed by atoms with van der Waals surface area (Å²) in [4.78, 5) is 21.6. The predicted octanol–water partition coefficient (Wildman–Crippen LogP) is 2.84. The summed E-state index contributed by atoms with van der Waals surface area (Å²) < 4.78 is 1.98. The first-order valence-electron chi connectivity index (χ1n) is 9.12. The highest BCUT2D eigenvalue weighted by Gasteiger charge is 2.22. The van der Waals surface area contributed by atoms with Crippen LogP contribution in [0.4, 0.5) is 5.69 Å². The lowest BCUT2D eigenvalue weighted by Gasteiger charge is -2.36. The number of aromatic nitrogens is 2. The number of hydrogen-bond donors (Lipinski definition) is 0. The van der Waals surface area contributed by atoms with Crippen molar-refractivity contribution in [1.82, 2.24) is 14.3 Å². The molecule has 3 aromatic rings. The number of aryl methyl sites for hydroxylation is 2. The fourth-order valence-corrected chi connectivity index (χ4v) is 3.53. The molecule has 4 rings (SSSR count). The average Bonchev–Trinajstić information content (AvgIpc) is 3.03. The minimum atomic E-state index is 0.161. The highest BCUT2D eigenvalue weighted by atomic mass is 16.2. The van der Waals surface area contributed by atoms with Gasteiger partial charge < -0.3 is 14.2 Å². The molecule has 0 radical (unpaired) electrons. The van der Waals surface area contributed by atoms with Gasteiger partial charge in [-0.25, -0.2) is 4.98 Å². The predicted molar refractivity (Wildman–Crippen MR) is 104 cm³/mol. The van der Waals surface area contributed by atoms with Crippen LogP contribution in [0.2, 0.25) is 0 Å². The second-order valence-corrected chi connectivity index (χ2v) is 7.09. The monoisotopic (exact) mass is 348 g/mol. The van der Waals surface area contributed by atoms with E-state index in [1.165, 1.54) is 16.8 Å². The Kier molecular flexibility index (Phi) is 4.37. The average molecular weight is 348 g/mol. The Morgan fingerprint density at radius 1 is 1.04 bits per heavy atom. The molecule has 1 fully saturated rings. The van der Waals surface area contributed by atoms with Crippen molar-refractivity contribution in [3.8, 4) is 0 Å². The largest absolute Gasteiger partial charge is 0.368 e. The normalized spacial score (nSPS) is 14.8. The summed E-state index contributed by atoms with van der Waals surface area (Å²) in [6.45, 7) is 7.43. The molecule has 1 saturated heterocycles. The lowest BCUT2D eigenvalue weighted by molar-refractivity contribution is -0.130. The van der Waals surface area contributed by atoms with E-state index in [0.717, 1.165) is 37.5 Å². The van der Waals surface area contributed by atoms with Crippen LogP contribution in [0.5, 0.6) is 0 Å². The molecule has 2 aromatic heterocycles. The zero-order chi connectivity index (χ0) is 18.1. The molecule has 1 aliphatic rings. The summed E-state index contributed by atoms with van der Waals surface area (Å²) in [5, 5.41) is 0. The molecule has 0 aliphatic carbocycles. The van der Waals surface area contributed by atoms with E-state index in [9.17, 15) is 4.79 Å². The van der Waals surface area contributed by atoms with Crippen LogP contribution in [0.15, 0.2) is 48.8 Å². The second kappa shape index (κ2) is 6.83. The number of nitrogens with zero attached hydrogens (tertiary/aromatic N) is 4. The van der Waals surface area contributed by atoms with Gasteiger partial charge in [-0.1, -0.05) is 12.1 Å². The van der Waals surface area contributed by atoms with E-state index < -0.39 is 0 Å². The molecule has 134 valence electrons. The van der Waals surface area contributed by atoms with Gasteiger partial charge in [0.15, 0.2) is 0 Å². The number of fused-ring (bicyclic) bond motifs is 1. The molecule has 5 nitrogen and oxygen atoms in total. The molecule has 0 atom stereocenters. The molecule has 0 unspecified atom stereocenters. The molecule has 26 heavy (non-hydrogen) atoms. The molecular formula is C21H24N4O. The van der Waals surface area contributed by atoms with Crippen LogP contribution in [0, 0.1) is 13.8 Å². The maximum Gasteiger partial charge on any atom is 0.228 e. The molecule has 3 heterocycles. The molecule has 1 aliphatic heterocycles. The van der Waals surface area contributed by atoms with Gasteiger partial charge in [-0.3, -0.25) is 4.79 Å². The number of carbonyl (C=O) groups excluding carboxylic acids is 1. The SMILES string of the molecule is Cc1cccc(N2CCN(C(=O)Cc3cn4ccc(C)cc4n3)CC2)c1. The third-order valence-corrected chi connectivity index (χ3v) is 5.00. The van der Waals surface area contributed by atoms with Crippen molar-refractivity contribution in [3.63, 3.8) is 0 Å². The van der Waals surface area contributed by atoms with Gasteiger partial charge in [-0.2, -0.15) is 0 Å². The molecule has 0 bridgehead atoms. The molecule has 0 N–H and O–H groups in total. The summed E-state index contributed by atoms with van der Waals surface area (Å²) >= 11 is 0. The van der Waals surface area contributed by atoms with Crippen molar-refractivity contribution in [3.05, 3.63) is 65.6 Å². The molecular weight excluding hydrogens is 324 g/mol. The Labute approximate surface area is 153 Å². The van der Waals surface area contributed by atoms with Crippen LogP contribution in [0.1, 0.15) is 16.8 Å². The number of pyridine rings is 1. The highest BCUT2D eigenvalue weighted by molar-refractivity contribution is 5.79. The van der Waals surface area contributed by atoms with E-state index >= 15 is 0 Å². The third-order valence-electron chi connectivity index (χ3n) is 5.00. The van der Waals surface area contributed by atoms with E-state index in [0.29, 0.717) is 6.42 Å². The van der Waals surface area contributed by atoms with Crippen molar-refractivity contribution in [2.75, 3.05) is 31.1 Å². The van der Waals surface area contributed by atoms with Crippen LogP contribution in [0.3, 0.4) is 0 Å². The van der Waals surface area contributed by atoms with Crippen LogP contribution in [-0.4, -0.2) is 46.4 Å². The van der Waals surface area contributed by atoms with E-state index in [-0.39, 0.29) is 5.91 Å². The van der Waals surface area contributed by atoms with Gasteiger partial charge in [0.25, 0.3) is 0 Å². The number of imidazole rings is 1. The van der Waals surface area contributed by atoms with Gasteiger partial charge in [-0.15, -0.1) is 0 Å². The number of hydrogen-bond acceptors (Lipinski definition) is 3. The lowest BCUT2D eigenvalue weighted by atomic mass is 10.2. The third kappa shape index (κ3) is 3.43. The lowest BCUT2D eigenvalue weighted by Crippen LogP contribution is -2.49. The Bertz CT molecular complexity index is 938. The number of anilines is 1. The minimum Gasteiger partial charge on any atom is -0.368 e. The Morgan fingerprint density at radius 2 is 1.81 bits per heavy atom. The topological polar surface area (TPSA) is 40.9 Å². The zero-order valence-electron chi connectivity index (χ0n) is 15.4. The van der Waals surface area contributed by atoms with Crippen LogP contribution >= 0.6 is 0 Å². The van der Waals surface area contributed by atoms with Crippen molar-refractivity contribution < 1.29 is 4.79 Å². The highest BCUT2D eigenvalue weighted by Crippen LogP contribution is 2.18. The van der Waals surface area contributed by atoms with E-state index in [4.69, 9.17) is 0 Å². The van der Waals surface area contributed by atoms with Crippen molar-refractivity contribution in [2.45, 2.75) is 20.3 Å². The van der Waals surface area contributed by atoms with Crippen LogP contribution in [0.25, 0.3) is 5.65 Å². The van der Waals surface area contributed by atoms with E-state index in [1.807, 2.05) is 40.8 Å². The minimum absolute atomic E-state index is 0.161. The van der Waals surface area contributed by atoms with E-state index in [1.54, 1.807) is 0 Å². The van der Waals surface area contributed by atoms with Gasteiger partial charge >= 0.3 is 0 Å². The van der Waals surface area contributed by atoms with Gasteiger partial charge in [0, 0.05) is 44.3 Å². The standard InChI is InChI=1S/C21H24N4O/c1-16-4-3-5-19(12-16)23-8-10-24(11-9-23)21(26)14-18-15-25-7-6-17(2)13-20(25)22-18/h3-7,12-13,15H,8-11,14H2,1-2H3. The Balaban J connectivity index is 1.38. The number of amides is 1. The maximum absolute atomic E-state index is 12.7. The Hall–Kier alpha value is -2.82. The number of piperazine rings is 1. The molecule has 5 heteroatoms. The van der Waals surface area contributed by atoms with Gasteiger partial charge in [0.1, 0.15) is 5.65 Å². The smallest absolute Gasteiger partial charge is 0.228 e. The van der Waals surface area contributed by atoms with Crippen LogP contribution < -0.4 is 4.90 Å². The summed E-state index contributed by atoms with van der Waals surface area (Å²) in [5.74, 6) is 0.161. The molecule has 0 saturated carbocycles. The number of rotatable bonds is 3. The summed E-state index contributed by atoms with van der Waals surface area (Å²) in [6.07, 6.45) is 4.31. The number of carbonyl (C=O) groups is 1. The molecule has 1 amide bonds. The number of benzene rings is 1. The van der Waals surface area contributed by atoms with Gasteiger partial charge in [0.05, 0.1) is 12.1 Å². The zero-order valence-corrected chi connectivity index (χ0v) is 15.4. The molecule has 0 spiro atoms. The first-order valence-corrected chi connectivity index (χ1v) is 9.12. The molecule has 1 aromatic carbocycles. The fraction of sp³-hybridized carbons (Fsp3) is 0.333. The summed E-state index contributed by atoms with van der Waals surface area (Å²) in [7, 11) is 0.